The van der Waals surface area contributed by atoms with Gasteiger partial charge in [-0.3, -0.25) is 10.6 Å². The Morgan fingerprint density at radius 1 is 1.32 bits per heavy atom. The molecule has 2 aliphatic rings. The minimum atomic E-state index is -0.511. The van der Waals surface area contributed by atoms with Crippen molar-refractivity contribution in [2.45, 2.75) is 31.7 Å². The Morgan fingerprint density at radius 3 is 2.79 bits per heavy atom. The summed E-state index contributed by atoms with van der Waals surface area (Å²) in [6.07, 6.45) is 4.75. The number of amides is 1. The SMILES string of the molecule is NNc1c(F)cccc1C(=O)NC1CC2CCC1C2. The zero-order valence-electron chi connectivity index (χ0n) is 10.7. The summed E-state index contributed by atoms with van der Waals surface area (Å²) in [4.78, 5) is 12.2. The molecule has 3 unspecified atom stereocenters. The number of benzene rings is 1. The quantitative estimate of drug-likeness (QED) is 0.577. The molecule has 2 saturated carbocycles. The minimum absolute atomic E-state index is 0.0585. The normalized spacial score (nSPS) is 28.4. The van der Waals surface area contributed by atoms with Crippen LogP contribution in [0.4, 0.5) is 10.1 Å². The molecule has 1 aromatic carbocycles. The van der Waals surface area contributed by atoms with E-state index in [0.29, 0.717) is 5.92 Å². The van der Waals surface area contributed by atoms with Gasteiger partial charge in [-0.05, 0) is 43.2 Å². The molecular weight excluding hydrogens is 245 g/mol. The maximum Gasteiger partial charge on any atom is 0.253 e. The highest BCUT2D eigenvalue weighted by Gasteiger charge is 2.40. The number of halogens is 1. The van der Waals surface area contributed by atoms with Crippen LogP contribution in [0.2, 0.25) is 0 Å². The van der Waals surface area contributed by atoms with Crippen molar-refractivity contribution < 1.29 is 9.18 Å². The largest absolute Gasteiger partial charge is 0.349 e. The summed E-state index contributed by atoms with van der Waals surface area (Å²) < 4.78 is 13.6. The van der Waals surface area contributed by atoms with Crippen molar-refractivity contribution in [2.24, 2.45) is 17.7 Å². The summed E-state index contributed by atoms with van der Waals surface area (Å²) >= 11 is 0. The van der Waals surface area contributed by atoms with Gasteiger partial charge in [0.2, 0.25) is 0 Å². The van der Waals surface area contributed by atoms with Crippen molar-refractivity contribution in [1.29, 1.82) is 0 Å². The number of carbonyl (C=O) groups is 1. The van der Waals surface area contributed by atoms with Gasteiger partial charge in [-0.2, -0.15) is 0 Å². The lowest BCUT2D eigenvalue weighted by atomic mass is 9.95. The molecule has 0 saturated heterocycles. The molecule has 2 aliphatic carbocycles. The summed E-state index contributed by atoms with van der Waals surface area (Å²) in [5, 5.41) is 3.03. The molecule has 1 amide bonds. The topological polar surface area (TPSA) is 67.1 Å². The van der Waals surface area contributed by atoms with Crippen molar-refractivity contribution in [3.05, 3.63) is 29.6 Å². The van der Waals surface area contributed by atoms with E-state index in [1.807, 2.05) is 0 Å². The second-order valence-electron chi connectivity index (χ2n) is 5.56. The molecular formula is C14H18FN3O. The number of hydrogen-bond acceptors (Lipinski definition) is 3. The predicted molar refractivity (Wildman–Crippen MR) is 70.9 cm³/mol. The van der Waals surface area contributed by atoms with Crippen LogP contribution in [0.25, 0.3) is 0 Å². The highest BCUT2D eigenvalue weighted by molar-refractivity contribution is 5.99. The summed E-state index contributed by atoms with van der Waals surface area (Å²) in [6.45, 7) is 0. The van der Waals surface area contributed by atoms with Crippen LogP contribution in [0, 0.1) is 17.7 Å². The second-order valence-corrected chi connectivity index (χ2v) is 5.56. The third-order valence-electron chi connectivity index (χ3n) is 4.46. The molecule has 3 atom stereocenters. The van der Waals surface area contributed by atoms with Gasteiger partial charge in [0.1, 0.15) is 5.82 Å². The highest BCUT2D eigenvalue weighted by atomic mass is 19.1. The van der Waals surface area contributed by atoms with E-state index in [0.717, 1.165) is 12.3 Å². The van der Waals surface area contributed by atoms with Gasteiger partial charge < -0.3 is 10.7 Å². The average molecular weight is 263 g/mol. The van der Waals surface area contributed by atoms with E-state index in [-0.39, 0.29) is 23.2 Å². The van der Waals surface area contributed by atoms with Gasteiger partial charge in [-0.15, -0.1) is 0 Å². The van der Waals surface area contributed by atoms with Gasteiger partial charge in [0.05, 0.1) is 11.3 Å². The predicted octanol–water partition coefficient (Wildman–Crippen LogP) is 2.03. The minimum Gasteiger partial charge on any atom is -0.349 e. The van der Waals surface area contributed by atoms with Crippen LogP contribution in [-0.4, -0.2) is 11.9 Å². The summed E-state index contributed by atoms with van der Waals surface area (Å²) in [5.74, 6) is 5.88. The van der Waals surface area contributed by atoms with Crippen molar-refractivity contribution >= 4 is 11.6 Å². The van der Waals surface area contributed by atoms with E-state index < -0.39 is 5.82 Å². The fourth-order valence-electron chi connectivity index (χ4n) is 3.53. The monoisotopic (exact) mass is 263 g/mol. The Balaban J connectivity index is 1.76. The Bertz CT molecular complexity index is 505. The lowest BCUT2D eigenvalue weighted by Crippen LogP contribution is -2.39. The zero-order valence-corrected chi connectivity index (χ0v) is 10.7. The Morgan fingerprint density at radius 2 is 2.16 bits per heavy atom. The van der Waals surface area contributed by atoms with Gasteiger partial charge in [0, 0.05) is 6.04 Å². The third kappa shape index (κ3) is 2.18. The summed E-state index contributed by atoms with van der Waals surface area (Å²) in [7, 11) is 0. The molecule has 0 aliphatic heterocycles. The van der Waals surface area contributed by atoms with Crippen LogP contribution >= 0.6 is 0 Å². The number of para-hydroxylation sites is 1. The second kappa shape index (κ2) is 4.81. The van der Waals surface area contributed by atoms with E-state index in [9.17, 15) is 9.18 Å². The first-order chi connectivity index (χ1) is 9.19. The molecule has 4 N–H and O–H groups in total. The van der Waals surface area contributed by atoms with Gasteiger partial charge in [0.15, 0.2) is 0 Å². The maximum absolute atomic E-state index is 13.6. The molecule has 1 aromatic rings. The average Bonchev–Trinajstić information content (AvgIpc) is 3.00. The number of hydrogen-bond donors (Lipinski definition) is 3. The molecule has 0 spiro atoms. The first-order valence-electron chi connectivity index (χ1n) is 6.75. The fraction of sp³-hybridized carbons (Fsp3) is 0.500. The molecule has 19 heavy (non-hydrogen) atoms. The van der Waals surface area contributed by atoms with Crippen molar-refractivity contribution in [1.82, 2.24) is 5.32 Å². The van der Waals surface area contributed by atoms with Crippen LogP contribution in [0.1, 0.15) is 36.0 Å². The lowest BCUT2D eigenvalue weighted by Gasteiger charge is -2.23. The number of hydrazine groups is 1. The number of nitrogens with two attached hydrogens (primary N) is 1. The molecule has 102 valence electrons. The summed E-state index contributed by atoms with van der Waals surface area (Å²) in [5.41, 5.74) is 2.60. The smallest absolute Gasteiger partial charge is 0.253 e. The van der Waals surface area contributed by atoms with E-state index >= 15 is 0 Å². The molecule has 3 rings (SSSR count). The molecule has 0 aromatic heterocycles. The number of nitrogen functional groups attached to an aromatic ring is 1. The molecule has 4 nitrogen and oxygen atoms in total. The first-order valence-corrected chi connectivity index (χ1v) is 6.75. The zero-order chi connectivity index (χ0) is 13.4. The molecule has 5 heteroatoms. The van der Waals surface area contributed by atoms with Crippen LogP contribution < -0.4 is 16.6 Å². The van der Waals surface area contributed by atoms with Gasteiger partial charge in [-0.1, -0.05) is 12.5 Å². The van der Waals surface area contributed by atoms with Crippen molar-refractivity contribution in [2.75, 3.05) is 5.43 Å². The van der Waals surface area contributed by atoms with Crippen LogP contribution in [0.3, 0.4) is 0 Å². The molecule has 2 bridgehead atoms. The first kappa shape index (κ1) is 12.4. The number of carbonyl (C=O) groups excluding carboxylic acids is 1. The van der Waals surface area contributed by atoms with Crippen molar-refractivity contribution in [3.63, 3.8) is 0 Å². The maximum atomic E-state index is 13.6. The van der Waals surface area contributed by atoms with E-state index in [1.54, 1.807) is 6.07 Å². The molecule has 2 fully saturated rings. The van der Waals surface area contributed by atoms with E-state index in [1.165, 1.54) is 31.4 Å². The fourth-order valence-corrected chi connectivity index (χ4v) is 3.53. The Labute approximate surface area is 111 Å². The Hall–Kier alpha value is -1.62. The van der Waals surface area contributed by atoms with Gasteiger partial charge in [0.25, 0.3) is 5.91 Å². The number of rotatable bonds is 3. The summed E-state index contributed by atoms with van der Waals surface area (Å²) in [6, 6.07) is 4.62. The number of fused-ring (bicyclic) bond motifs is 2. The number of anilines is 1. The highest BCUT2D eigenvalue weighted by Crippen LogP contribution is 2.44. The van der Waals surface area contributed by atoms with Gasteiger partial charge in [-0.25, -0.2) is 4.39 Å². The molecule has 0 radical (unpaired) electrons. The van der Waals surface area contributed by atoms with Crippen LogP contribution in [-0.2, 0) is 0 Å². The van der Waals surface area contributed by atoms with Crippen LogP contribution in [0.15, 0.2) is 18.2 Å². The third-order valence-corrected chi connectivity index (χ3v) is 4.46. The standard InChI is InChI=1S/C14H18FN3O/c15-11-3-1-2-10(13(11)18-16)14(19)17-12-7-8-4-5-9(12)6-8/h1-3,8-9,12,18H,4-7,16H2,(H,17,19). The van der Waals surface area contributed by atoms with Gasteiger partial charge >= 0.3 is 0 Å². The lowest BCUT2D eigenvalue weighted by molar-refractivity contribution is 0.0923. The van der Waals surface area contributed by atoms with E-state index in [4.69, 9.17) is 5.84 Å². The number of nitrogens with one attached hydrogen (secondary N) is 2. The van der Waals surface area contributed by atoms with Crippen LogP contribution in [0.5, 0.6) is 0 Å². The Kier molecular flexibility index (Phi) is 3.14. The van der Waals surface area contributed by atoms with E-state index in [2.05, 4.69) is 10.7 Å². The van der Waals surface area contributed by atoms with Crippen molar-refractivity contribution in [3.8, 4) is 0 Å². The molecule has 0 heterocycles.